The average Bonchev–Trinajstić information content (AvgIpc) is 3.40. The summed E-state index contributed by atoms with van der Waals surface area (Å²) in [6.45, 7) is 0.861. The highest BCUT2D eigenvalue weighted by Crippen LogP contribution is 2.34. The summed E-state index contributed by atoms with van der Waals surface area (Å²) in [6, 6.07) is 0. The molecule has 2 amide bonds. The number of hydrogen-bond donors (Lipinski definition) is 0. The summed E-state index contributed by atoms with van der Waals surface area (Å²) in [5, 5.41) is 10.9. The zero-order valence-corrected chi connectivity index (χ0v) is 18.9. The summed E-state index contributed by atoms with van der Waals surface area (Å²) < 4.78 is 27.0. The summed E-state index contributed by atoms with van der Waals surface area (Å²) in [5.41, 5.74) is 0. The van der Waals surface area contributed by atoms with E-state index in [1.807, 2.05) is 0 Å². The summed E-state index contributed by atoms with van der Waals surface area (Å²) in [5.74, 6) is 0.294. The van der Waals surface area contributed by atoms with E-state index < -0.39 is 10.0 Å². The first-order chi connectivity index (χ1) is 14.4. The van der Waals surface area contributed by atoms with Gasteiger partial charge < -0.3 is 0 Å². The van der Waals surface area contributed by atoms with Crippen LogP contribution in [0.25, 0.3) is 0 Å². The molecule has 0 aromatic carbocycles. The first-order valence-electron chi connectivity index (χ1n) is 11.1. The highest BCUT2D eigenvalue weighted by molar-refractivity contribution is 7.89. The Morgan fingerprint density at radius 3 is 2.27 bits per heavy atom. The van der Waals surface area contributed by atoms with Crippen LogP contribution in [0.3, 0.4) is 0 Å². The SMILES string of the molecule is O=C1CCCC(=O)N1CCS(=O)(=O)N1CCC(c2nnc(CC3CCCC3)s2)CC1. The first-order valence-corrected chi connectivity index (χ1v) is 13.5. The standard InChI is InChI=1S/C20H30N4O4S2/c25-18-6-3-7-19(26)24(18)12-13-30(27,28)23-10-8-16(9-11-23)20-22-21-17(29-20)14-15-4-1-2-5-15/h15-16H,1-14H2. The van der Waals surface area contributed by atoms with Crippen LogP contribution in [-0.2, 0) is 26.0 Å². The molecular weight excluding hydrogens is 424 g/mol. The van der Waals surface area contributed by atoms with Crippen molar-refractivity contribution in [2.24, 2.45) is 5.92 Å². The Balaban J connectivity index is 1.27. The third-order valence-corrected chi connectivity index (χ3v) is 9.53. The molecular formula is C20H30N4O4S2. The Kier molecular flexibility index (Phi) is 6.84. The third-order valence-electron chi connectivity index (χ3n) is 6.57. The van der Waals surface area contributed by atoms with Gasteiger partial charge in [-0.15, -0.1) is 21.5 Å². The van der Waals surface area contributed by atoms with Crippen LogP contribution in [-0.4, -0.2) is 65.0 Å². The van der Waals surface area contributed by atoms with E-state index in [4.69, 9.17) is 0 Å². The molecule has 8 nitrogen and oxygen atoms in total. The Labute approximate surface area is 182 Å². The van der Waals surface area contributed by atoms with Crippen LogP contribution in [0.1, 0.15) is 73.7 Å². The predicted molar refractivity (Wildman–Crippen MR) is 113 cm³/mol. The molecule has 30 heavy (non-hydrogen) atoms. The lowest BCUT2D eigenvalue weighted by Crippen LogP contribution is -2.46. The summed E-state index contributed by atoms with van der Waals surface area (Å²) in [7, 11) is -3.49. The van der Waals surface area contributed by atoms with Crippen molar-refractivity contribution >= 4 is 33.2 Å². The van der Waals surface area contributed by atoms with Crippen LogP contribution in [0.2, 0.25) is 0 Å². The van der Waals surface area contributed by atoms with Crippen molar-refractivity contribution in [1.82, 2.24) is 19.4 Å². The van der Waals surface area contributed by atoms with E-state index in [1.54, 1.807) is 11.3 Å². The number of carbonyl (C=O) groups excluding carboxylic acids is 2. The number of likely N-dealkylation sites (tertiary alicyclic amines) is 1. The molecule has 0 bridgehead atoms. The van der Waals surface area contributed by atoms with Crippen LogP contribution in [0.4, 0.5) is 0 Å². The molecule has 4 rings (SSSR count). The Hall–Kier alpha value is -1.39. The summed E-state index contributed by atoms with van der Waals surface area (Å²) in [4.78, 5) is 24.9. The molecule has 1 aromatic rings. The van der Waals surface area contributed by atoms with E-state index in [1.165, 1.54) is 30.0 Å². The number of imide groups is 1. The van der Waals surface area contributed by atoms with Crippen molar-refractivity contribution in [3.05, 3.63) is 10.0 Å². The highest BCUT2D eigenvalue weighted by Gasteiger charge is 2.33. The Morgan fingerprint density at radius 2 is 1.60 bits per heavy atom. The van der Waals surface area contributed by atoms with Crippen molar-refractivity contribution in [1.29, 1.82) is 0 Å². The van der Waals surface area contributed by atoms with E-state index in [0.717, 1.165) is 40.1 Å². The van der Waals surface area contributed by atoms with Gasteiger partial charge in [0.2, 0.25) is 21.8 Å². The molecule has 3 aliphatic rings. The second-order valence-electron chi connectivity index (χ2n) is 8.67. The molecule has 1 saturated carbocycles. The average molecular weight is 455 g/mol. The molecule has 0 N–H and O–H groups in total. The van der Waals surface area contributed by atoms with Gasteiger partial charge in [-0.1, -0.05) is 25.7 Å². The van der Waals surface area contributed by atoms with E-state index in [2.05, 4.69) is 10.2 Å². The molecule has 0 radical (unpaired) electrons. The quantitative estimate of drug-likeness (QED) is 0.586. The van der Waals surface area contributed by atoms with Gasteiger partial charge in [0.25, 0.3) is 0 Å². The number of rotatable bonds is 7. The molecule has 166 valence electrons. The van der Waals surface area contributed by atoms with Gasteiger partial charge in [0.15, 0.2) is 0 Å². The number of piperidine rings is 2. The van der Waals surface area contributed by atoms with Crippen LogP contribution >= 0.6 is 11.3 Å². The minimum absolute atomic E-state index is 0.0408. The number of nitrogens with zero attached hydrogens (tertiary/aromatic N) is 4. The Bertz CT molecular complexity index is 855. The fraction of sp³-hybridized carbons (Fsp3) is 0.800. The van der Waals surface area contributed by atoms with Crippen molar-refractivity contribution in [3.63, 3.8) is 0 Å². The van der Waals surface area contributed by atoms with Gasteiger partial charge in [-0.05, 0) is 25.2 Å². The van der Waals surface area contributed by atoms with Gasteiger partial charge in [0, 0.05) is 44.8 Å². The minimum atomic E-state index is -3.49. The van der Waals surface area contributed by atoms with Gasteiger partial charge in [-0.2, -0.15) is 0 Å². The summed E-state index contributed by atoms with van der Waals surface area (Å²) >= 11 is 1.69. The normalized spacial score (nSPS) is 22.9. The molecule has 2 aliphatic heterocycles. The number of carbonyl (C=O) groups is 2. The van der Waals surface area contributed by atoms with E-state index >= 15 is 0 Å². The molecule has 1 aromatic heterocycles. The monoisotopic (exact) mass is 454 g/mol. The Morgan fingerprint density at radius 1 is 0.933 bits per heavy atom. The zero-order chi connectivity index (χ0) is 21.1. The lowest BCUT2D eigenvalue weighted by Gasteiger charge is -2.31. The van der Waals surface area contributed by atoms with Gasteiger partial charge in [-0.3, -0.25) is 14.5 Å². The van der Waals surface area contributed by atoms with Crippen LogP contribution in [0.5, 0.6) is 0 Å². The second kappa shape index (κ2) is 9.40. The molecule has 3 fully saturated rings. The van der Waals surface area contributed by atoms with E-state index in [0.29, 0.717) is 32.4 Å². The maximum absolute atomic E-state index is 12.7. The largest absolute Gasteiger partial charge is 0.282 e. The molecule has 0 spiro atoms. The lowest BCUT2D eigenvalue weighted by atomic mass is 9.99. The highest BCUT2D eigenvalue weighted by atomic mass is 32.2. The third kappa shape index (κ3) is 5.08. The van der Waals surface area contributed by atoms with Crippen molar-refractivity contribution < 1.29 is 18.0 Å². The molecule has 2 saturated heterocycles. The molecule has 10 heteroatoms. The topological polar surface area (TPSA) is 101 Å². The van der Waals surface area contributed by atoms with E-state index in [-0.39, 0.29) is 30.0 Å². The first kappa shape index (κ1) is 21.8. The van der Waals surface area contributed by atoms with E-state index in [9.17, 15) is 18.0 Å². The number of sulfonamides is 1. The number of hydrogen-bond acceptors (Lipinski definition) is 7. The van der Waals surface area contributed by atoms with Crippen LogP contribution < -0.4 is 0 Å². The minimum Gasteiger partial charge on any atom is -0.282 e. The van der Waals surface area contributed by atoms with Crippen molar-refractivity contribution in [3.8, 4) is 0 Å². The lowest BCUT2D eigenvalue weighted by molar-refractivity contribution is -0.147. The number of aromatic nitrogens is 2. The van der Waals surface area contributed by atoms with Gasteiger partial charge in [-0.25, -0.2) is 12.7 Å². The van der Waals surface area contributed by atoms with Crippen molar-refractivity contribution in [2.45, 2.75) is 70.1 Å². The number of amides is 2. The maximum Gasteiger partial charge on any atom is 0.229 e. The predicted octanol–water partition coefficient (Wildman–Crippen LogP) is 2.32. The van der Waals surface area contributed by atoms with Gasteiger partial charge in [0.05, 0.1) is 5.75 Å². The van der Waals surface area contributed by atoms with Gasteiger partial charge in [0.1, 0.15) is 10.0 Å². The fourth-order valence-corrected chi connectivity index (χ4v) is 7.31. The molecule has 0 atom stereocenters. The van der Waals surface area contributed by atoms with Gasteiger partial charge >= 0.3 is 0 Å². The fourth-order valence-electron chi connectivity index (χ4n) is 4.74. The second-order valence-corrected chi connectivity index (χ2v) is 11.9. The van der Waals surface area contributed by atoms with Crippen LogP contribution in [0, 0.1) is 5.92 Å². The smallest absolute Gasteiger partial charge is 0.229 e. The zero-order valence-electron chi connectivity index (χ0n) is 17.3. The molecule has 0 unspecified atom stereocenters. The molecule has 3 heterocycles. The van der Waals surface area contributed by atoms with Crippen LogP contribution in [0.15, 0.2) is 0 Å². The summed E-state index contributed by atoms with van der Waals surface area (Å²) in [6.07, 6.45) is 8.93. The maximum atomic E-state index is 12.7. The molecule has 1 aliphatic carbocycles. The van der Waals surface area contributed by atoms with Crippen molar-refractivity contribution in [2.75, 3.05) is 25.4 Å².